The Morgan fingerprint density at radius 3 is 2.31 bits per heavy atom. The van der Waals surface area contributed by atoms with Gasteiger partial charge in [0, 0.05) is 12.8 Å². The molecular weight excluding hydrogens is 533 g/mol. The molecule has 2 aromatic carbocycles. The molecule has 1 aliphatic carbocycles. The number of benzene rings is 2. The lowest BCUT2D eigenvalue weighted by atomic mass is 9.78. The number of rotatable bonds is 10. The molecule has 11 heteroatoms. The fourth-order valence-electron chi connectivity index (χ4n) is 4.56. The maximum Gasteiger partial charge on any atom is 0.389 e. The molecule has 1 fully saturated rings. The highest BCUT2D eigenvalue weighted by molar-refractivity contribution is 7.91. The van der Waals surface area contributed by atoms with Gasteiger partial charge in [-0.15, -0.1) is 0 Å². The van der Waals surface area contributed by atoms with Crippen LogP contribution in [-0.2, 0) is 31.6 Å². The summed E-state index contributed by atoms with van der Waals surface area (Å²) in [6.45, 7) is 3.71. The molecule has 7 nitrogen and oxygen atoms in total. The van der Waals surface area contributed by atoms with Crippen LogP contribution in [0.25, 0.3) is 5.57 Å². The molecular formula is C28H31F3N2O5S. The van der Waals surface area contributed by atoms with Crippen molar-refractivity contribution in [2.45, 2.75) is 69.3 Å². The molecule has 0 saturated heterocycles. The lowest BCUT2D eigenvalue weighted by Gasteiger charge is -2.37. The molecule has 1 saturated carbocycles. The monoisotopic (exact) mass is 564 g/mol. The zero-order valence-electron chi connectivity index (χ0n) is 21.7. The van der Waals surface area contributed by atoms with Crippen molar-refractivity contribution in [2.75, 3.05) is 6.61 Å². The SMILES string of the molecule is CCc1ccc(C2=C(C(=O)NS(=O)(=O)C3CC3)C(=O)NC(C)(c3ccc(OCCCC(F)(F)F)cc3)C2)cc1. The second-order valence-electron chi connectivity index (χ2n) is 10.1. The molecule has 210 valence electrons. The predicted molar refractivity (Wildman–Crippen MR) is 140 cm³/mol. The normalized spacial score (nSPS) is 20.0. The van der Waals surface area contributed by atoms with E-state index in [9.17, 15) is 31.2 Å². The summed E-state index contributed by atoms with van der Waals surface area (Å²) >= 11 is 0. The van der Waals surface area contributed by atoms with Crippen LogP contribution < -0.4 is 14.8 Å². The predicted octanol–water partition coefficient (Wildman–Crippen LogP) is 4.77. The number of hydrogen-bond donors (Lipinski definition) is 2. The van der Waals surface area contributed by atoms with Gasteiger partial charge in [0.25, 0.3) is 11.8 Å². The zero-order chi connectivity index (χ0) is 28.4. The minimum atomic E-state index is -4.24. The van der Waals surface area contributed by atoms with E-state index in [4.69, 9.17) is 4.74 Å². The molecule has 0 spiro atoms. The molecule has 1 heterocycles. The molecule has 4 rings (SSSR count). The van der Waals surface area contributed by atoms with Crippen molar-refractivity contribution in [2.24, 2.45) is 0 Å². The zero-order valence-corrected chi connectivity index (χ0v) is 22.5. The first-order chi connectivity index (χ1) is 18.3. The molecule has 2 aliphatic rings. The number of sulfonamides is 1. The van der Waals surface area contributed by atoms with Crippen molar-refractivity contribution in [1.29, 1.82) is 0 Å². The number of carbonyl (C=O) groups is 2. The maximum absolute atomic E-state index is 13.4. The highest BCUT2D eigenvalue weighted by Crippen LogP contribution is 2.39. The van der Waals surface area contributed by atoms with Gasteiger partial charge in [0.05, 0.1) is 17.4 Å². The van der Waals surface area contributed by atoms with Crippen molar-refractivity contribution in [3.05, 3.63) is 70.8 Å². The Morgan fingerprint density at radius 1 is 1.10 bits per heavy atom. The first-order valence-electron chi connectivity index (χ1n) is 12.8. The Bertz CT molecular complexity index is 1370. The topological polar surface area (TPSA) is 102 Å². The van der Waals surface area contributed by atoms with Crippen molar-refractivity contribution in [3.63, 3.8) is 0 Å². The van der Waals surface area contributed by atoms with E-state index in [1.807, 2.05) is 31.2 Å². The summed E-state index contributed by atoms with van der Waals surface area (Å²) in [7, 11) is -3.87. The number of ether oxygens (including phenoxy) is 1. The number of nitrogens with one attached hydrogen (secondary N) is 2. The van der Waals surface area contributed by atoms with Gasteiger partial charge in [0.2, 0.25) is 10.0 Å². The third-order valence-electron chi connectivity index (χ3n) is 6.95. The van der Waals surface area contributed by atoms with Gasteiger partial charge in [-0.3, -0.25) is 9.59 Å². The average Bonchev–Trinajstić information content (AvgIpc) is 3.72. The summed E-state index contributed by atoms with van der Waals surface area (Å²) in [6.07, 6.45) is -3.39. The Hall–Kier alpha value is -3.34. The van der Waals surface area contributed by atoms with Gasteiger partial charge in [-0.25, -0.2) is 13.1 Å². The van der Waals surface area contributed by atoms with Crippen molar-refractivity contribution >= 4 is 27.4 Å². The summed E-state index contributed by atoms with van der Waals surface area (Å²) in [5.41, 5.74) is 1.60. The van der Waals surface area contributed by atoms with Gasteiger partial charge in [0.15, 0.2) is 0 Å². The molecule has 2 N–H and O–H groups in total. The Morgan fingerprint density at radius 2 is 1.74 bits per heavy atom. The summed E-state index contributed by atoms with van der Waals surface area (Å²) < 4.78 is 69.5. The van der Waals surface area contributed by atoms with Gasteiger partial charge < -0.3 is 10.1 Å². The third kappa shape index (κ3) is 7.00. The minimum absolute atomic E-state index is 0.0876. The van der Waals surface area contributed by atoms with E-state index in [1.165, 1.54) is 0 Å². The fraction of sp³-hybridized carbons (Fsp3) is 0.429. The first-order valence-corrected chi connectivity index (χ1v) is 14.4. The minimum Gasteiger partial charge on any atom is -0.494 e. The molecule has 0 bridgehead atoms. The van der Waals surface area contributed by atoms with Gasteiger partial charge in [-0.2, -0.15) is 13.2 Å². The van der Waals surface area contributed by atoms with E-state index in [0.29, 0.717) is 35.3 Å². The van der Waals surface area contributed by atoms with Crippen molar-refractivity contribution < 1.29 is 35.9 Å². The number of alkyl halides is 3. The van der Waals surface area contributed by atoms with Crippen molar-refractivity contribution in [1.82, 2.24) is 10.0 Å². The van der Waals surface area contributed by atoms with Crippen LogP contribution in [0.3, 0.4) is 0 Å². The van der Waals surface area contributed by atoms with Gasteiger partial charge in [0.1, 0.15) is 11.3 Å². The molecule has 1 atom stereocenters. The fourth-order valence-corrected chi connectivity index (χ4v) is 5.85. The molecule has 1 unspecified atom stereocenters. The van der Waals surface area contributed by atoms with E-state index in [-0.39, 0.29) is 25.0 Å². The van der Waals surface area contributed by atoms with Crippen LogP contribution in [0.4, 0.5) is 13.2 Å². The van der Waals surface area contributed by atoms with E-state index >= 15 is 0 Å². The first kappa shape index (κ1) is 28.7. The number of aryl methyl sites for hydroxylation is 1. The van der Waals surface area contributed by atoms with Gasteiger partial charge >= 0.3 is 6.18 Å². The summed E-state index contributed by atoms with van der Waals surface area (Å²) in [5, 5.41) is 2.24. The quantitative estimate of drug-likeness (QED) is 0.320. The van der Waals surface area contributed by atoms with Crippen LogP contribution in [0.5, 0.6) is 5.75 Å². The number of hydrogen-bond acceptors (Lipinski definition) is 5. The van der Waals surface area contributed by atoms with Crippen LogP contribution in [0.2, 0.25) is 0 Å². The smallest absolute Gasteiger partial charge is 0.389 e. The Kier molecular flexibility index (Phi) is 8.11. The molecule has 0 radical (unpaired) electrons. The Labute approximate surface area is 225 Å². The number of amides is 2. The average molecular weight is 565 g/mol. The lowest BCUT2D eigenvalue weighted by Crippen LogP contribution is -2.50. The molecule has 2 aromatic rings. The van der Waals surface area contributed by atoms with E-state index in [0.717, 1.165) is 12.0 Å². The molecule has 2 amide bonds. The number of halogens is 3. The van der Waals surface area contributed by atoms with Crippen molar-refractivity contribution in [3.8, 4) is 5.75 Å². The summed E-state index contributed by atoms with van der Waals surface area (Å²) in [6, 6.07) is 14.1. The lowest BCUT2D eigenvalue weighted by molar-refractivity contribution is -0.136. The molecule has 39 heavy (non-hydrogen) atoms. The largest absolute Gasteiger partial charge is 0.494 e. The molecule has 0 aromatic heterocycles. The Balaban J connectivity index is 1.60. The highest BCUT2D eigenvalue weighted by atomic mass is 32.2. The van der Waals surface area contributed by atoms with Gasteiger partial charge in [-0.05, 0) is 67.0 Å². The number of carbonyl (C=O) groups excluding carboxylic acids is 2. The second kappa shape index (κ2) is 11.0. The van der Waals surface area contributed by atoms with E-state index in [1.54, 1.807) is 31.2 Å². The van der Waals surface area contributed by atoms with Crippen LogP contribution in [0.15, 0.2) is 54.1 Å². The van der Waals surface area contributed by atoms with Gasteiger partial charge in [-0.1, -0.05) is 43.3 Å². The van der Waals surface area contributed by atoms with E-state index in [2.05, 4.69) is 10.0 Å². The summed E-state index contributed by atoms with van der Waals surface area (Å²) in [5.74, 6) is -1.27. The molecule has 1 aliphatic heterocycles. The summed E-state index contributed by atoms with van der Waals surface area (Å²) in [4.78, 5) is 26.5. The van der Waals surface area contributed by atoms with Crippen LogP contribution in [-0.4, -0.2) is 38.3 Å². The van der Waals surface area contributed by atoms with Crippen LogP contribution in [0, 0.1) is 0 Å². The van der Waals surface area contributed by atoms with Crippen LogP contribution >= 0.6 is 0 Å². The van der Waals surface area contributed by atoms with E-state index < -0.39 is 45.2 Å². The van der Waals surface area contributed by atoms with Crippen LogP contribution in [0.1, 0.15) is 62.6 Å². The second-order valence-corrected chi connectivity index (χ2v) is 12.1. The highest BCUT2D eigenvalue weighted by Gasteiger charge is 2.43. The standard InChI is InChI=1S/C28H31F3N2O5S/c1-3-18-5-7-19(8-6-18)23-17-27(2,20-9-11-21(12-10-20)38-16-4-15-28(29,30)31)32-25(34)24(23)26(35)33-39(36,37)22-13-14-22/h5-12,22H,3-4,13-17H2,1-2H3,(H,32,34)(H,33,35). The maximum atomic E-state index is 13.4. The third-order valence-corrected chi connectivity index (χ3v) is 8.77.